The maximum absolute atomic E-state index is 13.2. The Kier molecular flexibility index (Phi) is 8.13. The predicted octanol–water partition coefficient (Wildman–Crippen LogP) is 0.967. The summed E-state index contributed by atoms with van der Waals surface area (Å²) in [5.41, 5.74) is 0. The van der Waals surface area contributed by atoms with Gasteiger partial charge in [0, 0.05) is 37.6 Å². The van der Waals surface area contributed by atoms with Crippen LogP contribution in [-0.2, 0) is 24.2 Å². The molecule has 31 heavy (non-hydrogen) atoms. The first-order valence-electron chi connectivity index (χ1n) is 9.77. The van der Waals surface area contributed by atoms with Crippen LogP contribution in [0.1, 0.15) is 10.1 Å². The van der Waals surface area contributed by atoms with Gasteiger partial charge in [0.15, 0.2) is 9.84 Å². The fourth-order valence-electron chi connectivity index (χ4n) is 3.12. The van der Waals surface area contributed by atoms with Gasteiger partial charge in [0.25, 0.3) is 0 Å². The molecular weight excluding hydrogens is 445 g/mol. The topological polar surface area (TPSA) is 105 Å². The van der Waals surface area contributed by atoms with E-state index < -0.39 is 32.7 Å². The summed E-state index contributed by atoms with van der Waals surface area (Å²) < 4.78 is 44.6. The number of nitrogens with one attached hydrogen (secondary N) is 2. The summed E-state index contributed by atoms with van der Waals surface area (Å²) in [7, 11) is -3.91. The zero-order valence-electron chi connectivity index (χ0n) is 16.8. The Bertz CT molecular complexity index is 975. The first-order valence-corrected chi connectivity index (χ1v) is 12.2. The second-order valence-corrected chi connectivity index (χ2v) is 10.0. The lowest BCUT2D eigenvalue weighted by atomic mass is 10.3. The van der Waals surface area contributed by atoms with E-state index in [1.54, 1.807) is 17.5 Å². The Labute approximate surface area is 184 Å². The number of carbonyl (C=O) groups is 2. The van der Waals surface area contributed by atoms with E-state index >= 15 is 0 Å². The smallest absolute Gasteiger partial charge is 0.309 e. The Morgan fingerprint density at radius 2 is 1.77 bits per heavy atom. The average molecular weight is 470 g/mol. The molecule has 1 atom stereocenters. The first kappa shape index (κ1) is 23.3. The van der Waals surface area contributed by atoms with Gasteiger partial charge in [-0.15, -0.1) is 11.3 Å². The quantitative estimate of drug-likeness (QED) is 0.441. The van der Waals surface area contributed by atoms with Crippen LogP contribution in [0, 0.1) is 5.82 Å². The molecule has 0 spiro atoms. The molecule has 3 rings (SSSR count). The lowest BCUT2D eigenvalue weighted by Gasteiger charge is -2.26. The molecule has 1 aliphatic rings. The second kappa shape index (κ2) is 10.8. The van der Waals surface area contributed by atoms with Crippen LogP contribution in [0.2, 0.25) is 0 Å². The molecule has 2 N–H and O–H groups in total. The SMILES string of the molecule is O=C(NCCN1CCOCC1)C(=O)NC[C@H](c1cccs1)S(=O)(=O)c1ccc(F)cc1. The Hall–Kier alpha value is -2.34. The fourth-order valence-corrected chi connectivity index (χ4v) is 5.91. The minimum Gasteiger partial charge on any atom is -0.379 e. The number of hydrogen-bond acceptors (Lipinski definition) is 7. The van der Waals surface area contributed by atoms with Crippen molar-refractivity contribution in [1.29, 1.82) is 0 Å². The van der Waals surface area contributed by atoms with E-state index in [0.717, 1.165) is 25.2 Å². The van der Waals surface area contributed by atoms with Crippen molar-refractivity contribution in [2.24, 2.45) is 0 Å². The van der Waals surface area contributed by atoms with E-state index in [1.165, 1.54) is 23.5 Å². The monoisotopic (exact) mass is 469 g/mol. The molecule has 1 aliphatic heterocycles. The molecule has 11 heteroatoms. The summed E-state index contributed by atoms with van der Waals surface area (Å²) in [6.07, 6.45) is 0. The first-order chi connectivity index (χ1) is 14.9. The van der Waals surface area contributed by atoms with E-state index in [0.29, 0.717) is 31.2 Å². The number of thiophene rings is 1. The van der Waals surface area contributed by atoms with Crippen LogP contribution in [0.5, 0.6) is 0 Å². The Morgan fingerprint density at radius 3 is 2.42 bits per heavy atom. The molecule has 168 valence electrons. The van der Waals surface area contributed by atoms with Crippen molar-refractivity contribution in [3.05, 3.63) is 52.5 Å². The molecule has 2 aromatic rings. The summed E-state index contributed by atoms with van der Waals surface area (Å²) >= 11 is 1.22. The highest BCUT2D eigenvalue weighted by Gasteiger charge is 2.31. The van der Waals surface area contributed by atoms with Crippen molar-refractivity contribution in [3.8, 4) is 0 Å². The van der Waals surface area contributed by atoms with E-state index in [4.69, 9.17) is 4.74 Å². The predicted molar refractivity (Wildman–Crippen MR) is 114 cm³/mol. The molecule has 2 amide bonds. The van der Waals surface area contributed by atoms with Gasteiger partial charge in [0.05, 0.1) is 18.1 Å². The Morgan fingerprint density at radius 1 is 1.10 bits per heavy atom. The van der Waals surface area contributed by atoms with Crippen LogP contribution in [0.3, 0.4) is 0 Å². The number of rotatable bonds is 8. The molecule has 0 saturated carbocycles. The van der Waals surface area contributed by atoms with Crippen molar-refractivity contribution in [2.75, 3.05) is 45.9 Å². The molecular formula is C20H24FN3O5S2. The molecule has 2 heterocycles. The summed E-state index contributed by atoms with van der Waals surface area (Å²) in [6.45, 7) is 3.43. The standard InChI is InChI=1S/C20H24FN3O5S2/c21-15-3-5-16(6-4-15)31(27,28)18(17-2-1-13-30-17)14-23-20(26)19(25)22-7-8-24-9-11-29-12-10-24/h1-6,13,18H,7-12,14H2,(H,22,25)(H,23,26)/t18-/m1/s1. The number of ether oxygens (including phenoxy) is 1. The van der Waals surface area contributed by atoms with Crippen molar-refractivity contribution in [3.63, 3.8) is 0 Å². The minimum absolute atomic E-state index is 0.0588. The number of halogens is 1. The van der Waals surface area contributed by atoms with Crippen molar-refractivity contribution in [1.82, 2.24) is 15.5 Å². The van der Waals surface area contributed by atoms with Gasteiger partial charge in [-0.25, -0.2) is 12.8 Å². The van der Waals surface area contributed by atoms with Crippen LogP contribution >= 0.6 is 11.3 Å². The molecule has 1 saturated heterocycles. The van der Waals surface area contributed by atoms with Gasteiger partial charge in [0.1, 0.15) is 11.1 Å². The zero-order valence-corrected chi connectivity index (χ0v) is 18.4. The van der Waals surface area contributed by atoms with E-state index in [1.807, 2.05) is 0 Å². The minimum atomic E-state index is -3.91. The number of morpholine rings is 1. The lowest BCUT2D eigenvalue weighted by molar-refractivity contribution is -0.139. The number of nitrogens with zero attached hydrogens (tertiary/aromatic N) is 1. The van der Waals surface area contributed by atoms with Crippen molar-refractivity contribution >= 4 is 33.0 Å². The maximum Gasteiger partial charge on any atom is 0.309 e. The maximum atomic E-state index is 13.2. The van der Waals surface area contributed by atoms with Crippen LogP contribution in [0.15, 0.2) is 46.7 Å². The lowest BCUT2D eigenvalue weighted by Crippen LogP contribution is -2.46. The third-order valence-corrected chi connectivity index (χ3v) is 8.08. The molecule has 1 fully saturated rings. The number of hydrogen-bond donors (Lipinski definition) is 2. The van der Waals surface area contributed by atoms with Gasteiger partial charge < -0.3 is 15.4 Å². The molecule has 0 radical (unpaired) electrons. The summed E-state index contributed by atoms with van der Waals surface area (Å²) in [6, 6.07) is 7.85. The fraction of sp³-hybridized carbons (Fsp3) is 0.400. The van der Waals surface area contributed by atoms with Gasteiger partial charge in [-0.2, -0.15) is 0 Å². The summed E-state index contributed by atoms with van der Waals surface area (Å²) in [5.74, 6) is -2.27. The van der Waals surface area contributed by atoms with E-state index in [-0.39, 0.29) is 11.4 Å². The average Bonchev–Trinajstić information content (AvgIpc) is 3.29. The molecule has 0 unspecified atom stereocenters. The molecule has 0 bridgehead atoms. The molecule has 8 nitrogen and oxygen atoms in total. The largest absolute Gasteiger partial charge is 0.379 e. The molecule has 0 aliphatic carbocycles. The van der Waals surface area contributed by atoms with Crippen molar-refractivity contribution in [2.45, 2.75) is 10.1 Å². The van der Waals surface area contributed by atoms with Gasteiger partial charge in [0.2, 0.25) is 0 Å². The second-order valence-electron chi connectivity index (χ2n) is 6.92. The van der Waals surface area contributed by atoms with Crippen molar-refractivity contribution < 1.29 is 27.1 Å². The van der Waals surface area contributed by atoms with E-state index in [2.05, 4.69) is 15.5 Å². The molecule has 1 aromatic carbocycles. The van der Waals surface area contributed by atoms with Gasteiger partial charge >= 0.3 is 11.8 Å². The highest BCUT2D eigenvalue weighted by Crippen LogP contribution is 2.31. The van der Waals surface area contributed by atoms with Crippen LogP contribution < -0.4 is 10.6 Å². The highest BCUT2D eigenvalue weighted by molar-refractivity contribution is 7.91. The van der Waals surface area contributed by atoms with Crippen LogP contribution in [-0.4, -0.2) is 71.1 Å². The zero-order chi connectivity index (χ0) is 22.3. The van der Waals surface area contributed by atoms with Crippen LogP contribution in [0.25, 0.3) is 0 Å². The number of amides is 2. The van der Waals surface area contributed by atoms with Crippen LogP contribution in [0.4, 0.5) is 4.39 Å². The third kappa shape index (κ3) is 6.33. The normalized spacial score (nSPS) is 15.9. The van der Waals surface area contributed by atoms with Gasteiger partial charge in [-0.3, -0.25) is 14.5 Å². The number of carbonyl (C=O) groups excluding carboxylic acids is 2. The van der Waals surface area contributed by atoms with Gasteiger partial charge in [-0.05, 0) is 35.7 Å². The third-order valence-electron chi connectivity index (χ3n) is 4.85. The summed E-state index contributed by atoms with van der Waals surface area (Å²) in [4.78, 5) is 26.9. The number of sulfone groups is 1. The summed E-state index contributed by atoms with van der Waals surface area (Å²) in [5, 5.41) is 5.59. The number of benzene rings is 1. The molecule has 1 aromatic heterocycles. The van der Waals surface area contributed by atoms with E-state index in [9.17, 15) is 22.4 Å². The Balaban J connectivity index is 1.59. The van der Waals surface area contributed by atoms with Gasteiger partial charge in [-0.1, -0.05) is 6.07 Å². The highest BCUT2D eigenvalue weighted by atomic mass is 32.2.